The average molecular weight is 336 g/mol. The van der Waals surface area contributed by atoms with Crippen LogP contribution in [0.4, 0.5) is 4.39 Å². The molecule has 0 atom stereocenters. The minimum absolute atomic E-state index is 0.268. The van der Waals surface area contributed by atoms with E-state index in [2.05, 4.69) is 25.4 Å². The molecule has 0 saturated heterocycles. The normalized spacial score (nSPS) is 11.0. The first-order valence-electron chi connectivity index (χ1n) is 7.60. The highest BCUT2D eigenvalue weighted by Crippen LogP contribution is 2.22. The van der Waals surface area contributed by atoms with Gasteiger partial charge in [0.2, 0.25) is 5.82 Å². The Hall–Kier alpha value is -3.42. The molecule has 4 rings (SSSR count). The molecule has 1 aromatic carbocycles. The summed E-state index contributed by atoms with van der Waals surface area (Å²) in [6.45, 7) is 2.36. The summed E-state index contributed by atoms with van der Waals surface area (Å²) in [5, 5.41) is 12.3. The van der Waals surface area contributed by atoms with Gasteiger partial charge in [-0.25, -0.2) is 9.07 Å². The topological polar surface area (TPSA) is 82.5 Å². The van der Waals surface area contributed by atoms with E-state index in [9.17, 15) is 4.39 Å². The molecule has 3 heterocycles. The zero-order chi connectivity index (χ0) is 17.2. The third-order valence-electron chi connectivity index (χ3n) is 3.79. The molecule has 0 bridgehead atoms. The van der Waals surface area contributed by atoms with Gasteiger partial charge in [-0.2, -0.15) is 4.98 Å². The lowest BCUT2D eigenvalue weighted by atomic mass is 10.2. The maximum absolute atomic E-state index is 13.0. The molecule has 7 nitrogen and oxygen atoms in total. The molecule has 0 fully saturated rings. The van der Waals surface area contributed by atoms with E-state index in [1.54, 1.807) is 41.3 Å². The summed E-state index contributed by atoms with van der Waals surface area (Å²) >= 11 is 0. The highest BCUT2D eigenvalue weighted by molar-refractivity contribution is 5.57. The first kappa shape index (κ1) is 15.1. The second-order valence-electron chi connectivity index (χ2n) is 5.47. The van der Waals surface area contributed by atoms with Gasteiger partial charge in [0, 0.05) is 18.0 Å². The van der Waals surface area contributed by atoms with Crippen LogP contribution in [0, 0.1) is 12.7 Å². The van der Waals surface area contributed by atoms with Crippen molar-refractivity contribution in [2.75, 3.05) is 0 Å². The third kappa shape index (κ3) is 3.01. The van der Waals surface area contributed by atoms with Crippen LogP contribution in [-0.4, -0.2) is 30.1 Å². The second kappa shape index (κ2) is 6.23. The van der Waals surface area contributed by atoms with Crippen molar-refractivity contribution in [2.45, 2.75) is 13.5 Å². The summed E-state index contributed by atoms with van der Waals surface area (Å²) in [6, 6.07) is 9.84. The molecule has 0 unspecified atom stereocenters. The molecule has 0 aliphatic rings. The molecule has 25 heavy (non-hydrogen) atoms. The van der Waals surface area contributed by atoms with E-state index in [4.69, 9.17) is 4.52 Å². The van der Waals surface area contributed by atoms with Crippen molar-refractivity contribution in [3.05, 3.63) is 65.9 Å². The third-order valence-corrected chi connectivity index (χ3v) is 3.79. The number of hydrogen-bond donors (Lipinski definition) is 0. The van der Waals surface area contributed by atoms with Gasteiger partial charge in [0.25, 0.3) is 5.89 Å². The van der Waals surface area contributed by atoms with E-state index in [1.165, 1.54) is 12.1 Å². The summed E-state index contributed by atoms with van der Waals surface area (Å²) in [5.41, 5.74) is 3.05. The van der Waals surface area contributed by atoms with Crippen LogP contribution < -0.4 is 0 Å². The Balaban J connectivity index is 1.61. The molecule has 3 aromatic heterocycles. The quantitative estimate of drug-likeness (QED) is 0.570. The molecular weight excluding hydrogens is 323 g/mol. The zero-order valence-electron chi connectivity index (χ0n) is 13.3. The Kier molecular flexibility index (Phi) is 3.77. The first-order chi connectivity index (χ1) is 12.2. The summed E-state index contributed by atoms with van der Waals surface area (Å²) in [5.74, 6) is 0.495. The number of rotatable bonds is 4. The number of aromatic nitrogens is 6. The Morgan fingerprint density at radius 2 is 1.84 bits per heavy atom. The Morgan fingerprint density at radius 1 is 1.08 bits per heavy atom. The number of benzene rings is 1. The molecule has 0 N–H and O–H groups in total. The zero-order valence-corrected chi connectivity index (χ0v) is 13.3. The van der Waals surface area contributed by atoms with Crippen molar-refractivity contribution in [1.82, 2.24) is 30.1 Å². The number of pyridine rings is 1. The summed E-state index contributed by atoms with van der Waals surface area (Å²) in [4.78, 5) is 8.33. The number of halogens is 1. The van der Waals surface area contributed by atoms with Crippen molar-refractivity contribution in [2.24, 2.45) is 0 Å². The van der Waals surface area contributed by atoms with E-state index in [-0.39, 0.29) is 5.82 Å². The molecule has 124 valence electrons. The largest absolute Gasteiger partial charge is 0.334 e. The van der Waals surface area contributed by atoms with Crippen molar-refractivity contribution >= 4 is 0 Å². The maximum Gasteiger partial charge on any atom is 0.258 e. The minimum Gasteiger partial charge on any atom is -0.334 e. The molecule has 0 saturated carbocycles. The van der Waals surface area contributed by atoms with Crippen LogP contribution in [0.2, 0.25) is 0 Å². The fourth-order valence-corrected chi connectivity index (χ4v) is 2.41. The van der Waals surface area contributed by atoms with Gasteiger partial charge < -0.3 is 4.52 Å². The highest BCUT2D eigenvalue weighted by Gasteiger charge is 2.17. The molecule has 8 heteroatoms. The van der Waals surface area contributed by atoms with E-state index in [0.717, 1.165) is 16.8 Å². The molecule has 4 aromatic rings. The maximum atomic E-state index is 13.0. The first-order valence-corrected chi connectivity index (χ1v) is 7.60. The lowest BCUT2D eigenvalue weighted by molar-refractivity contribution is 0.432. The van der Waals surface area contributed by atoms with E-state index in [0.29, 0.717) is 24.0 Å². The van der Waals surface area contributed by atoms with E-state index >= 15 is 0 Å². The lowest BCUT2D eigenvalue weighted by Gasteiger charge is -2.03. The predicted octanol–water partition coefficient (Wildman–Crippen LogP) is 2.89. The van der Waals surface area contributed by atoms with Crippen LogP contribution in [0.25, 0.3) is 23.0 Å². The van der Waals surface area contributed by atoms with Crippen LogP contribution in [0.5, 0.6) is 0 Å². The van der Waals surface area contributed by atoms with Crippen LogP contribution >= 0.6 is 0 Å². The van der Waals surface area contributed by atoms with Gasteiger partial charge in [-0.15, -0.1) is 5.10 Å². The van der Waals surface area contributed by atoms with Crippen LogP contribution in [0.3, 0.4) is 0 Å². The van der Waals surface area contributed by atoms with Crippen molar-refractivity contribution in [3.8, 4) is 23.0 Å². The minimum atomic E-state index is -0.268. The SMILES string of the molecule is Cc1c(-c2noc(-c3ccncc3)n2)nnn1Cc1ccc(F)cc1. The molecular formula is C17H13FN6O. The predicted molar refractivity (Wildman–Crippen MR) is 86.8 cm³/mol. The van der Waals surface area contributed by atoms with Gasteiger partial charge in [-0.05, 0) is 36.8 Å². The molecule has 0 radical (unpaired) electrons. The van der Waals surface area contributed by atoms with Gasteiger partial charge in [0.15, 0.2) is 5.69 Å². The molecule has 0 spiro atoms. The Labute approximate surface area is 142 Å². The van der Waals surface area contributed by atoms with Gasteiger partial charge in [-0.1, -0.05) is 22.5 Å². The lowest BCUT2D eigenvalue weighted by Crippen LogP contribution is -2.04. The smallest absolute Gasteiger partial charge is 0.258 e. The van der Waals surface area contributed by atoms with Crippen LogP contribution in [0.1, 0.15) is 11.3 Å². The van der Waals surface area contributed by atoms with E-state index in [1.807, 2.05) is 6.92 Å². The molecule has 0 amide bonds. The van der Waals surface area contributed by atoms with Crippen molar-refractivity contribution in [1.29, 1.82) is 0 Å². The second-order valence-corrected chi connectivity index (χ2v) is 5.47. The summed E-state index contributed by atoms with van der Waals surface area (Å²) in [6.07, 6.45) is 3.31. The van der Waals surface area contributed by atoms with Gasteiger partial charge in [0.05, 0.1) is 12.2 Å². The summed E-state index contributed by atoms with van der Waals surface area (Å²) in [7, 11) is 0. The Morgan fingerprint density at radius 3 is 2.60 bits per heavy atom. The fraction of sp³-hybridized carbons (Fsp3) is 0.118. The standard InChI is InChI=1S/C17H13FN6O/c1-11-15(16-20-17(25-22-16)13-6-8-19-9-7-13)21-23-24(11)10-12-2-4-14(18)5-3-12/h2-9H,10H2,1H3. The van der Waals surface area contributed by atoms with Gasteiger partial charge in [-0.3, -0.25) is 4.98 Å². The highest BCUT2D eigenvalue weighted by atomic mass is 19.1. The average Bonchev–Trinajstić information content (AvgIpc) is 3.25. The number of hydrogen-bond acceptors (Lipinski definition) is 6. The Bertz CT molecular complexity index is 994. The van der Waals surface area contributed by atoms with Crippen LogP contribution in [0.15, 0.2) is 53.3 Å². The fourth-order valence-electron chi connectivity index (χ4n) is 2.41. The molecule has 0 aliphatic carbocycles. The van der Waals surface area contributed by atoms with Gasteiger partial charge >= 0.3 is 0 Å². The van der Waals surface area contributed by atoms with Gasteiger partial charge in [0.1, 0.15) is 5.82 Å². The van der Waals surface area contributed by atoms with E-state index < -0.39 is 0 Å². The summed E-state index contributed by atoms with van der Waals surface area (Å²) < 4.78 is 20.0. The van der Waals surface area contributed by atoms with Crippen LogP contribution in [-0.2, 0) is 6.54 Å². The van der Waals surface area contributed by atoms with Crippen molar-refractivity contribution < 1.29 is 8.91 Å². The molecule has 0 aliphatic heterocycles. The number of nitrogens with zero attached hydrogens (tertiary/aromatic N) is 6. The monoisotopic (exact) mass is 336 g/mol. The van der Waals surface area contributed by atoms with Crippen molar-refractivity contribution in [3.63, 3.8) is 0 Å².